The van der Waals surface area contributed by atoms with Gasteiger partial charge in [0.05, 0.1) is 5.70 Å². The van der Waals surface area contributed by atoms with Crippen molar-refractivity contribution in [3.63, 3.8) is 0 Å². The predicted molar refractivity (Wildman–Crippen MR) is 97.6 cm³/mol. The summed E-state index contributed by atoms with van der Waals surface area (Å²) in [6.45, 7) is 4.54. The summed E-state index contributed by atoms with van der Waals surface area (Å²) in [5.74, 6) is 2.61. The number of aliphatic imine (C=N–C) groups is 1. The lowest BCUT2D eigenvalue weighted by Crippen LogP contribution is -2.30. The van der Waals surface area contributed by atoms with Gasteiger partial charge in [0.25, 0.3) is 0 Å². The molecule has 0 aromatic heterocycles. The van der Waals surface area contributed by atoms with E-state index in [0.29, 0.717) is 0 Å². The van der Waals surface area contributed by atoms with Gasteiger partial charge in [-0.15, -0.1) is 0 Å². The average molecular weight is 383 g/mol. The highest BCUT2D eigenvalue weighted by molar-refractivity contribution is 14.1. The van der Waals surface area contributed by atoms with Gasteiger partial charge in [0.15, 0.2) is 0 Å². The lowest BCUT2D eigenvalue weighted by atomic mass is 9.66. The van der Waals surface area contributed by atoms with E-state index in [1.807, 2.05) is 6.21 Å². The number of alkyl halides is 1. The summed E-state index contributed by atoms with van der Waals surface area (Å²) < 4.78 is 1.15. The Hall–Kier alpha value is -0.380. The molecule has 2 aliphatic carbocycles. The standard InChI is InChI=1S/C18H26IN/c1-3-13-20-18(5-4-12-19)16-9-7-15(8-10-16)17-11-6-14(17)2/h5,7,9-10,13-15,17H,3-4,6,8,11-12H2,1-2H3/b18-5+,20-13?. The summed E-state index contributed by atoms with van der Waals surface area (Å²) in [7, 11) is 0. The second kappa shape index (κ2) is 8.16. The summed E-state index contributed by atoms with van der Waals surface area (Å²) in [6, 6.07) is 0. The Kier molecular flexibility index (Phi) is 6.53. The third kappa shape index (κ3) is 4.06. The number of halogens is 1. The van der Waals surface area contributed by atoms with Crippen molar-refractivity contribution < 1.29 is 0 Å². The fourth-order valence-electron chi connectivity index (χ4n) is 3.10. The van der Waals surface area contributed by atoms with E-state index in [1.54, 1.807) is 0 Å². The molecule has 110 valence electrons. The van der Waals surface area contributed by atoms with Crippen molar-refractivity contribution in [1.29, 1.82) is 0 Å². The van der Waals surface area contributed by atoms with Gasteiger partial charge in [0, 0.05) is 10.6 Å². The molecule has 1 nitrogen and oxygen atoms in total. The second-order valence-electron chi connectivity index (χ2n) is 5.92. The van der Waals surface area contributed by atoms with Gasteiger partial charge in [-0.1, -0.05) is 67.2 Å². The first-order chi connectivity index (χ1) is 9.76. The maximum absolute atomic E-state index is 4.64. The minimum absolute atomic E-state index is 0.767. The van der Waals surface area contributed by atoms with Gasteiger partial charge in [-0.05, 0) is 49.0 Å². The third-order valence-corrected chi connectivity index (χ3v) is 5.15. The average Bonchev–Trinajstić information content (AvgIpc) is 2.47. The van der Waals surface area contributed by atoms with Crippen LogP contribution in [0.25, 0.3) is 0 Å². The monoisotopic (exact) mass is 383 g/mol. The molecule has 0 aromatic rings. The molecule has 2 heteroatoms. The van der Waals surface area contributed by atoms with Crippen LogP contribution in [0.4, 0.5) is 0 Å². The van der Waals surface area contributed by atoms with Crippen LogP contribution < -0.4 is 0 Å². The minimum Gasteiger partial charge on any atom is -0.261 e. The molecule has 0 spiro atoms. The van der Waals surface area contributed by atoms with Crippen molar-refractivity contribution in [1.82, 2.24) is 0 Å². The highest BCUT2D eigenvalue weighted by Crippen LogP contribution is 2.43. The molecule has 2 rings (SSSR count). The van der Waals surface area contributed by atoms with Crippen molar-refractivity contribution in [3.05, 3.63) is 35.6 Å². The van der Waals surface area contributed by atoms with E-state index in [2.05, 4.69) is 65.7 Å². The number of hydrogen-bond acceptors (Lipinski definition) is 1. The Balaban J connectivity index is 2.01. The maximum atomic E-state index is 4.64. The Morgan fingerprint density at radius 3 is 2.80 bits per heavy atom. The molecule has 0 aromatic carbocycles. The normalized spacial score (nSPS) is 30.4. The quantitative estimate of drug-likeness (QED) is 0.316. The van der Waals surface area contributed by atoms with Crippen LogP contribution in [0, 0.1) is 17.8 Å². The molecule has 0 N–H and O–H groups in total. The summed E-state index contributed by atoms with van der Waals surface area (Å²) in [5.41, 5.74) is 2.49. The molecule has 0 aliphatic heterocycles. The van der Waals surface area contributed by atoms with Gasteiger partial charge in [-0.3, -0.25) is 4.99 Å². The number of allylic oxidation sites excluding steroid dienone is 4. The highest BCUT2D eigenvalue weighted by atomic mass is 127. The molecule has 3 atom stereocenters. The minimum atomic E-state index is 0.767. The van der Waals surface area contributed by atoms with Gasteiger partial charge in [0.2, 0.25) is 0 Å². The van der Waals surface area contributed by atoms with Crippen LogP contribution in [-0.4, -0.2) is 10.6 Å². The van der Waals surface area contributed by atoms with Crippen molar-refractivity contribution in [3.8, 4) is 0 Å². The maximum Gasteiger partial charge on any atom is 0.0655 e. The van der Waals surface area contributed by atoms with Gasteiger partial charge in [-0.2, -0.15) is 0 Å². The van der Waals surface area contributed by atoms with E-state index in [9.17, 15) is 0 Å². The van der Waals surface area contributed by atoms with E-state index in [0.717, 1.165) is 35.0 Å². The van der Waals surface area contributed by atoms with Gasteiger partial charge in [0.1, 0.15) is 0 Å². The molecular weight excluding hydrogens is 357 g/mol. The van der Waals surface area contributed by atoms with Crippen LogP contribution in [0.1, 0.15) is 46.0 Å². The van der Waals surface area contributed by atoms with Crippen LogP contribution in [0.15, 0.2) is 40.6 Å². The first-order valence-corrected chi connectivity index (χ1v) is 9.46. The van der Waals surface area contributed by atoms with Gasteiger partial charge >= 0.3 is 0 Å². The highest BCUT2D eigenvalue weighted by Gasteiger charge is 2.32. The zero-order chi connectivity index (χ0) is 14.4. The van der Waals surface area contributed by atoms with Crippen LogP contribution in [0.2, 0.25) is 0 Å². The summed E-state index contributed by atoms with van der Waals surface area (Å²) in [5, 5.41) is 0. The molecule has 1 fully saturated rings. The Morgan fingerprint density at radius 2 is 2.30 bits per heavy atom. The smallest absolute Gasteiger partial charge is 0.0655 e. The van der Waals surface area contributed by atoms with E-state index in [-0.39, 0.29) is 0 Å². The van der Waals surface area contributed by atoms with Gasteiger partial charge < -0.3 is 0 Å². The Morgan fingerprint density at radius 1 is 1.45 bits per heavy atom. The van der Waals surface area contributed by atoms with Crippen LogP contribution >= 0.6 is 22.6 Å². The largest absolute Gasteiger partial charge is 0.261 e. The fourth-order valence-corrected chi connectivity index (χ4v) is 3.41. The molecule has 1 saturated carbocycles. The lowest BCUT2D eigenvalue weighted by molar-refractivity contribution is 0.144. The molecule has 0 radical (unpaired) electrons. The number of hydrogen-bond donors (Lipinski definition) is 0. The molecule has 0 saturated heterocycles. The Bertz CT molecular complexity index is 431. The first kappa shape index (κ1) is 16.0. The molecule has 0 heterocycles. The second-order valence-corrected chi connectivity index (χ2v) is 7.00. The van der Waals surface area contributed by atoms with Gasteiger partial charge in [-0.25, -0.2) is 0 Å². The van der Waals surface area contributed by atoms with Crippen molar-refractivity contribution in [2.75, 3.05) is 4.43 Å². The van der Waals surface area contributed by atoms with Crippen molar-refractivity contribution in [2.45, 2.75) is 46.0 Å². The van der Waals surface area contributed by atoms with E-state index in [4.69, 9.17) is 0 Å². The number of rotatable bonds is 6. The van der Waals surface area contributed by atoms with Crippen LogP contribution in [0.5, 0.6) is 0 Å². The zero-order valence-electron chi connectivity index (χ0n) is 12.7. The molecule has 2 aliphatic rings. The number of nitrogens with zero attached hydrogens (tertiary/aromatic N) is 1. The van der Waals surface area contributed by atoms with Crippen LogP contribution in [0.3, 0.4) is 0 Å². The van der Waals surface area contributed by atoms with Crippen LogP contribution in [-0.2, 0) is 0 Å². The fraction of sp³-hybridized carbons (Fsp3) is 0.611. The summed E-state index contributed by atoms with van der Waals surface area (Å²) in [4.78, 5) is 4.64. The molecule has 0 amide bonds. The van der Waals surface area contributed by atoms with E-state index in [1.165, 1.54) is 30.5 Å². The molecular formula is C18H26IN. The third-order valence-electron chi connectivity index (χ3n) is 4.52. The first-order valence-electron chi connectivity index (χ1n) is 7.93. The molecule has 20 heavy (non-hydrogen) atoms. The SMILES string of the molecule is CCC=N/C(=C/CCI)C1=CCC(C2CCC2C)C=C1. The van der Waals surface area contributed by atoms with Crippen molar-refractivity contribution >= 4 is 28.8 Å². The predicted octanol–water partition coefficient (Wildman–Crippen LogP) is 5.72. The summed E-state index contributed by atoms with van der Waals surface area (Å²) in [6.07, 6.45) is 17.6. The molecule has 3 unspecified atom stereocenters. The lowest BCUT2D eigenvalue weighted by Gasteiger charge is -2.39. The van der Waals surface area contributed by atoms with E-state index < -0.39 is 0 Å². The summed E-state index contributed by atoms with van der Waals surface area (Å²) >= 11 is 2.42. The van der Waals surface area contributed by atoms with E-state index >= 15 is 0 Å². The molecule has 0 bridgehead atoms. The topological polar surface area (TPSA) is 12.4 Å². The Labute approximate surface area is 137 Å². The zero-order valence-corrected chi connectivity index (χ0v) is 14.8. The van der Waals surface area contributed by atoms with Crippen molar-refractivity contribution in [2.24, 2.45) is 22.7 Å².